The van der Waals surface area contributed by atoms with Crippen molar-refractivity contribution in [2.24, 2.45) is 17.8 Å². The van der Waals surface area contributed by atoms with E-state index in [4.69, 9.17) is 4.74 Å². The van der Waals surface area contributed by atoms with E-state index in [2.05, 4.69) is 12.2 Å². The molecule has 0 amide bonds. The Morgan fingerprint density at radius 2 is 1.92 bits per heavy atom. The lowest BCUT2D eigenvalue weighted by Gasteiger charge is -2.45. The maximum Gasteiger partial charge on any atom is 0.313 e. The highest BCUT2D eigenvalue weighted by atomic mass is 16.5. The smallest absolute Gasteiger partial charge is 0.313 e. The predicted molar refractivity (Wildman–Crippen MR) is 48.0 cm³/mol. The average molecular weight is 178 g/mol. The van der Waals surface area contributed by atoms with Gasteiger partial charge in [-0.05, 0) is 24.8 Å². The zero-order valence-electron chi connectivity index (χ0n) is 7.61. The fourth-order valence-electron chi connectivity index (χ4n) is 3.15. The van der Waals surface area contributed by atoms with Crippen molar-refractivity contribution >= 4 is 5.97 Å². The molecule has 2 fully saturated rings. The molecule has 4 aliphatic rings. The van der Waals surface area contributed by atoms with E-state index in [1.807, 2.05) is 0 Å². The molecule has 2 heteroatoms. The van der Waals surface area contributed by atoms with Crippen molar-refractivity contribution in [1.82, 2.24) is 0 Å². The van der Waals surface area contributed by atoms with Crippen LogP contribution in [-0.2, 0) is 9.53 Å². The molecule has 2 heterocycles. The first-order valence-corrected chi connectivity index (χ1v) is 5.25. The summed E-state index contributed by atoms with van der Waals surface area (Å²) in [5.41, 5.74) is 0. The summed E-state index contributed by atoms with van der Waals surface area (Å²) < 4.78 is 5.33. The minimum Gasteiger partial charge on any atom is -0.457 e. The highest BCUT2D eigenvalue weighted by Gasteiger charge is 2.47. The van der Waals surface area contributed by atoms with Crippen LogP contribution in [0.25, 0.3) is 0 Å². The maximum atomic E-state index is 11.4. The summed E-state index contributed by atoms with van der Waals surface area (Å²) in [5, 5.41) is 0. The quantitative estimate of drug-likeness (QED) is 0.418. The number of esters is 1. The number of rotatable bonds is 0. The largest absolute Gasteiger partial charge is 0.457 e. The van der Waals surface area contributed by atoms with Gasteiger partial charge in [-0.15, -0.1) is 0 Å². The molecular weight excluding hydrogens is 164 g/mol. The first-order valence-electron chi connectivity index (χ1n) is 5.25. The standard InChI is InChI=1S/C11H14O2/c12-11-9-5-6-10(13-11)8-4-2-1-3-7(8)9/h5-10H,1-4H2/t7-,8+,9-,10+/m0/s1. The van der Waals surface area contributed by atoms with E-state index in [9.17, 15) is 4.79 Å². The lowest BCUT2D eigenvalue weighted by Crippen LogP contribution is -2.48. The van der Waals surface area contributed by atoms with Crippen LogP contribution in [0.3, 0.4) is 0 Å². The molecule has 0 radical (unpaired) electrons. The Labute approximate surface area is 78.0 Å². The van der Waals surface area contributed by atoms with E-state index in [0.29, 0.717) is 11.8 Å². The van der Waals surface area contributed by atoms with Crippen molar-refractivity contribution in [3.63, 3.8) is 0 Å². The molecule has 2 aliphatic heterocycles. The first-order chi connectivity index (χ1) is 6.36. The second-order valence-electron chi connectivity index (χ2n) is 4.42. The lowest BCUT2D eigenvalue weighted by molar-refractivity contribution is -0.169. The summed E-state index contributed by atoms with van der Waals surface area (Å²) in [7, 11) is 0. The Hall–Kier alpha value is -0.790. The first kappa shape index (κ1) is 7.60. The fourth-order valence-corrected chi connectivity index (χ4v) is 3.15. The van der Waals surface area contributed by atoms with Crippen LogP contribution in [0.2, 0.25) is 0 Å². The van der Waals surface area contributed by atoms with Crippen molar-refractivity contribution < 1.29 is 9.53 Å². The summed E-state index contributed by atoms with van der Waals surface area (Å²) in [6.45, 7) is 0. The number of hydrogen-bond acceptors (Lipinski definition) is 2. The van der Waals surface area contributed by atoms with Crippen LogP contribution < -0.4 is 0 Å². The zero-order chi connectivity index (χ0) is 8.84. The lowest BCUT2D eigenvalue weighted by atomic mass is 9.65. The molecule has 1 saturated carbocycles. The van der Waals surface area contributed by atoms with E-state index < -0.39 is 0 Å². The average Bonchev–Trinajstić information content (AvgIpc) is 2.19. The van der Waals surface area contributed by atoms with Crippen LogP contribution in [0.5, 0.6) is 0 Å². The van der Waals surface area contributed by atoms with E-state index in [1.165, 1.54) is 25.7 Å². The Morgan fingerprint density at radius 3 is 2.69 bits per heavy atom. The van der Waals surface area contributed by atoms with Gasteiger partial charge in [-0.3, -0.25) is 4.79 Å². The van der Waals surface area contributed by atoms with Gasteiger partial charge in [-0.2, -0.15) is 0 Å². The Bertz CT molecular complexity index is 269. The third-order valence-corrected chi connectivity index (χ3v) is 3.79. The summed E-state index contributed by atoms with van der Waals surface area (Å²) in [4.78, 5) is 11.4. The number of carbonyl (C=O) groups is 1. The minimum absolute atomic E-state index is 0.0237. The Kier molecular flexibility index (Phi) is 1.52. The highest BCUT2D eigenvalue weighted by Crippen LogP contribution is 2.46. The van der Waals surface area contributed by atoms with Gasteiger partial charge in [0.15, 0.2) is 0 Å². The number of hydrogen-bond donors (Lipinski definition) is 0. The monoisotopic (exact) mass is 178 g/mol. The number of ether oxygens (including phenoxy) is 1. The summed E-state index contributed by atoms with van der Waals surface area (Å²) in [6.07, 6.45) is 9.38. The van der Waals surface area contributed by atoms with Crippen LogP contribution in [0.4, 0.5) is 0 Å². The molecule has 0 N–H and O–H groups in total. The molecule has 4 rings (SSSR count). The van der Waals surface area contributed by atoms with Gasteiger partial charge in [0.05, 0.1) is 5.92 Å². The normalized spacial score (nSPS) is 47.2. The summed E-state index contributed by atoms with van der Waals surface area (Å²) >= 11 is 0. The number of carbonyl (C=O) groups excluding carboxylic acids is 1. The molecular formula is C11H14O2. The van der Waals surface area contributed by atoms with Crippen molar-refractivity contribution in [3.8, 4) is 0 Å². The van der Waals surface area contributed by atoms with Crippen LogP contribution in [0.1, 0.15) is 25.7 Å². The topological polar surface area (TPSA) is 26.3 Å². The molecule has 0 aromatic rings. The van der Waals surface area contributed by atoms with Gasteiger partial charge in [0.25, 0.3) is 0 Å². The fraction of sp³-hybridized carbons (Fsp3) is 0.727. The Morgan fingerprint density at radius 1 is 1.15 bits per heavy atom. The van der Waals surface area contributed by atoms with Crippen LogP contribution in [-0.4, -0.2) is 12.1 Å². The van der Waals surface area contributed by atoms with Crippen LogP contribution >= 0.6 is 0 Å². The van der Waals surface area contributed by atoms with E-state index >= 15 is 0 Å². The van der Waals surface area contributed by atoms with Gasteiger partial charge in [-0.25, -0.2) is 0 Å². The van der Waals surface area contributed by atoms with Crippen LogP contribution in [0, 0.1) is 17.8 Å². The van der Waals surface area contributed by atoms with E-state index in [1.54, 1.807) is 0 Å². The zero-order valence-corrected chi connectivity index (χ0v) is 7.61. The van der Waals surface area contributed by atoms with E-state index in [0.717, 1.165) is 0 Å². The van der Waals surface area contributed by atoms with Crippen molar-refractivity contribution in [3.05, 3.63) is 12.2 Å². The maximum absolute atomic E-state index is 11.4. The third kappa shape index (κ3) is 0.976. The summed E-state index contributed by atoms with van der Waals surface area (Å²) in [6, 6.07) is 0. The second kappa shape index (κ2) is 2.60. The van der Waals surface area contributed by atoms with Gasteiger partial charge in [0, 0.05) is 5.92 Å². The van der Waals surface area contributed by atoms with Crippen molar-refractivity contribution in [2.45, 2.75) is 31.8 Å². The molecule has 70 valence electrons. The molecule has 0 spiro atoms. The minimum atomic E-state index is 0.0237. The molecule has 1 saturated heterocycles. The molecule has 4 atom stereocenters. The summed E-state index contributed by atoms with van der Waals surface area (Å²) in [5.74, 6) is 1.36. The SMILES string of the molecule is O=C1O[C@@H]2C=C[C@H]1[C@H]1CCCC[C@H]12. The molecule has 0 aromatic heterocycles. The molecule has 13 heavy (non-hydrogen) atoms. The van der Waals surface area contributed by atoms with E-state index in [-0.39, 0.29) is 18.0 Å². The highest BCUT2D eigenvalue weighted by molar-refractivity contribution is 5.77. The third-order valence-electron chi connectivity index (χ3n) is 3.79. The van der Waals surface area contributed by atoms with Crippen molar-refractivity contribution in [2.75, 3.05) is 0 Å². The number of fused-ring (bicyclic) bond motifs is 1. The van der Waals surface area contributed by atoms with Crippen molar-refractivity contribution in [1.29, 1.82) is 0 Å². The van der Waals surface area contributed by atoms with Gasteiger partial charge in [-0.1, -0.05) is 18.9 Å². The van der Waals surface area contributed by atoms with Crippen LogP contribution in [0.15, 0.2) is 12.2 Å². The molecule has 0 aromatic carbocycles. The van der Waals surface area contributed by atoms with Gasteiger partial charge in [0.1, 0.15) is 6.10 Å². The molecule has 0 unspecified atom stereocenters. The van der Waals surface area contributed by atoms with Gasteiger partial charge in [0.2, 0.25) is 0 Å². The predicted octanol–water partition coefficient (Wildman–Crippen LogP) is 1.90. The molecule has 2 bridgehead atoms. The van der Waals surface area contributed by atoms with Gasteiger partial charge >= 0.3 is 5.97 Å². The Balaban J connectivity index is 1.95. The molecule has 2 nitrogen and oxygen atoms in total. The van der Waals surface area contributed by atoms with Gasteiger partial charge < -0.3 is 4.74 Å². The molecule has 2 aliphatic carbocycles. The second-order valence-corrected chi connectivity index (χ2v) is 4.42.